The first-order valence-corrected chi connectivity index (χ1v) is 2.40. The Morgan fingerprint density at radius 3 is 3.00 bits per heavy atom. The Kier molecular flexibility index (Phi) is 1.26. The van der Waals surface area contributed by atoms with E-state index >= 15 is 0 Å². The van der Waals surface area contributed by atoms with E-state index in [1.165, 1.54) is 0 Å². The molecule has 0 spiro atoms. The second-order valence-electron chi connectivity index (χ2n) is 1.16. The predicted molar refractivity (Wildman–Crippen MR) is 30.8 cm³/mol. The third kappa shape index (κ3) is 1.16. The highest BCUT2D eigenvalue weighted by Gasteiger charge is 1.93. The largest absolute Gasteiger partial charge is 0.440 e. The summed E-state index contributed by atoms with van der Waals surface area (Å²) in [6, 6.07) is 0. The zero-order valence-corrected chi connectivity index (χ0v) is 4.49. The zero-order valence-electron chi connectivity index (χ0n) is 3.68. The maximum Gasteiger partial charge on any atom is 0.261 e. The van der Waals surface area contributed by atoms with Crippen molar-refractivity contribution in [2.24, 2.45) is 0 Å². The second-order valence-corrected chi connectivity index (χ2v) is 1.53. The van der Waals surface area contributed by atoms with E-state index in [9.17, 15) is 0 Å². The zero-order chi connectivity index (χ0) is 5.11. The molecule has 0 saturated heterocycles. The van der Waals surface area contributed by atoms with E-state index < -0.39 is 0 Å². The number of rotatable bonds is 0. The van der Waals surface area contributed by atoms with Crippen LogP contribution in [-0.4, -0.2) is 11.7 Å². The minimum atomic E-state index is 0.461. The summed E-state index contributed by atoms with van der Waals surface area (Å²) in [6.45, 7) is 0.791. The fraction of sp³-hybridized carbons (Fsp3) is 0.250. The molecular formula is C4H5NOS. The van der Waals surface area contributed by atoms with Gasteiger partial charge in [-0.05, 0) is 18.3 Å². The molecule has 0 aromatic carbocycles. The van der Waals surface area contributed by atoms with Crippen molar-refractivity contribution in [3.8, 4) is 0 Å². The van der Waals surface area contributed by atoms with Gasteiger partial charge in [-0.2, -0.15) is 0 Å². The van der Waals surface area contributed by atoms with Gasteiger partial charge in [0.05, 0.1) is 6.26 Å². The molecule has 1 N–H and O–H groups in total. The number of thiocarbonyl (C=S) groups is 1. The van der Waals surface area contributed by atoms with E-state index in [-0.39, 0.29) is 0 Å². The standard InChI is InChI=1S/C4H5NOS/c7-4-5-2-1-3-6-4/h1,3H,2H2,(H,5,7). The Morgan fingerprint density at radius 2 is 2.71 bits per heavy atom. The lowest BCUT2D eigenvalue weighted by atomic mass is 10.6. The Bertz CT molecular complexity index is 110. The van der Waals surface area contributed by atoms with Crippen LogP contribution >= 0.6 is 12.2 Å². The van der Waals surface area contributed by atoms with Crippen molar-refractivity contribution in [3.63, 3.8) is 0 Å². The maximum atomic E-state index is 4.72. The van der Waals surface area contributed by atoms with Crippen molar-refractivity contribution in [3.05, 3.63) is 12.3 Å². The van der Waals surface area contributed by atoms with Gasteiger partial charge in [-0.25, -0.2) is 0 Å². The minimum Gasteiger partial charge on any atom is -0.440 e. The van der Waals surface area contributed by atoms with Gasteiger partial charge in [0.1, 0.15) is 0 Å². The van der Waals surface area contributed by atoms with Crippen LogP contribution in [0.2, 0.25) is 0 Å². The van der Waals surface area contributed by atoms with E-state index in [4.69, 9.17) is 4.74 Å². The molecule has 38 valence electrons. The average Bonchev–Trinajstić information content (AvgIpc) is 1.69. The van der Waals surface area contributed by atoms with Crippen LogP contribution in [0.3, 0.4) is 0 Å². The summed E-state index contributed by atoms with van der Waals surface area (Å²) in [5.74, 6) is 0. The van der Waals surface area contributed by atoms with Crippen LogP contribution in [0.5, 0.6) is 0 Å². The van der Waals surface area contributed by atoms with Crippen LogP contribution < -0.4 is 5.32 Å². The van der Waals surface area contributed by atoms with Crippen LogP contribution in [0.25, 0.3) is 0 Å². The first kappa shape index (κ1) is 4.59. The first-order valence-electron chi connectivity index (χ1n) is 1.99. The Balaban J connectivity index is 2.47. The van der Waals surface area contributed by atoms with Gasteiger partial charge in [0.25, 0.3) is 5.17 Å². The lowest BCUT2D eigenvalue weighted by Crippen LogP contribution is -2.25. The van der Waals surface area contributed by atoms with Crippen LogP contribution in [0.1, 0.15) is 0 Å². The molecule has 7 heavy (non-hydrogen) atoms. The molecule has 1 rings (SSSR count). The van der Waals surface area contributed by atoms with E-state index in [1.807, 2.05) is 6.08 Å². The molecule has 0 aromatic rings. The fourth-order valence-electron chi connectivity index (χ4n) is 0.342. The van der Waals surface area contributed by atoms with E-state index in [2.05, 4.69) is 17.5 Å². The summed E-state index contributed by atoms with van der Waals surface area (Å²) in [6.07, 6.45) is 3.44. The van der Waals surface area contributed by atoms with Gasteiger partial charge in [-0.1, -0.05) is 0 Å². The maximum absolute atomic E-state index is 4.72. The molecule has 1 heterocycles. The quantitative estimate of drug-likeness (QED) is 0.462. The molecule has 0 atom stereocenters. The molecule has 0 unspecified atom stereocenters. The number of hydrogen-bond acceptors (Lipinski definition) is 2. The van der Waals surface area contributed by atoms with Crippen molar-refractivity contribution < 1.29 is 4.74 Å². The van der Waals surface area contributed by atoms with Gasteiger partial charge in [-0.15, -0.1) is 0 Å². The van der Waals surface area contributed by atoms with Crippen LogP contribution in [-0.2, 0) is 4.74 Å². The Hall–Kier alpha value is -0.570. The fourth-order valence-corrected chi connectivity index (χ4v) is 0.481. The average molecular weight is 115 g/mol. The number of nitrogens with one attached hydrogen (secondary N) is 1. The van der Waals surface area contributed by atoms with Gasteiger partial charge >= 0.3 is 0 Å². The molecule has 0 aliphatic carbocycles. The SMILES string of the molecule is S=C1NCC=CO1. The molecule has 1 aliphatic heterocycles. The van der Waals surface area contributed by atoms with Crippen molar-refractivity contribution in [2.45, 2.75) is 0 Å². The van der Waals surface area contributed by atoms with E-state index in [1.54, 1.807) is 6.26 Å². The third-order valence-corrected chi connectivity index (χ3v) is 0.876. The molecule has 2 nitrogen and oxygen atoms in total. The number of ether oxygens (including phenoxy) is 1. The molecule has 0 bridgehead atoms. The van der Waals surface area contributed by atoms with Crippen molar-refractivity contribution in [2.75, 3.05) is 6.54 Å². The Labute approximate surface area is 47.2 Å². The minimum absolute atomic E-state index is 0.461. The molecule has 3 heteroatoms. The summed E-state index contributed by atoms with van der Waals surface area (Å²) < 4.78 is 4.72. The van der Waals surface area contributed by atoms with E-state index in [0.717, 1.165) is 6.54 Å². The summed E-state index contributed by atoms with van der Waals surface area (Å²) >= 11 is 4.62. The molecule has 0 radical (unpaired) electrons. The van der Waals surface area contributed by atoms with Crippen molar-refractivity contribution >= 4 is 17.4 Å². The molecular weight excluding hydrogens is 110 g/mol. The summed E-state index contributed by atoms with van der Waals surface area (Å²) in [7, 11) is 0. The van der Waals surface area contributed by atoms with Gasteiger partial charge in [0.15, 0.2) is 0 Å². The summed E-state index contributed by atoms with van der Waals surface area (Å²) in [4.78, 5) is 0. The van der Waals surface area contributed by atoms with Gasteiger partial charge < -0.3 is 10.1 Å². The number of hydrogen-bond donors (Lipinski definition) is 1. The monoisotopic (exact) mass is 115 g/mol. The molecule has 0 saturated carbocycles. The molecule has 1 aliphatic rings. The summed E-state index contributed by atoms with van der Waals surface area (Å²) in [5, 5.41) is 3.27. The lowest BCUT2D eigenvalue weighted by molar-refractivity contribution is 0.446. The van der Waals surface area contributed by atoms with Crippen LogP contribution in [0.15, 0.2) is 12.3 Å². The molecule has 0 amide bonds. The first-order chi connectivity index (χ1) is 3.39. The summed E-state index contributed by atoms with van der Waals surface area (Å²) in [5.41, 5.74) is 0. The van der Waals surface area contributed by atoms with E-state index in [0.29, 0.717) is 5.17 Å². The van der Waals surface area contributed by atoms with Crippen molar-refractivity contribution in [1.82, 2.24) is 5.32 Å². The topological polar surface area (TPSA) is 21.3 Å². The molecule has 0 fully saturated rings. The molecule has 0 aromatic heterocycles. The Morgan fingerprint density at radius 1 is 1.86 bits per heavy atom. The highest BCUT2D eigenvalue weighted by molar-refractivity contribution is 7.80. The highest BCUT2D eigenvalue weighted by atomic mass is 32.1. The van der Waals surface area contributed by atoms with Crippen LogP contribution in [0.4, 0.5) is 0 Å². The lowest BCUT2D eigenvalue weighted by Gasteiger charge is -2.06. The van der Waals surface area contributed by atoms with Crippen LogP contribution in [0, 0.1) is 0 Å². The van der Waals surface area contributed by atoms with Gasteiger partial charge in [0.2, 0.25) is 0 Å². The second kappa shape index (κ2) is 1.93. The predicted octanol–water partition coefficient (Wildman–Crippen LogP) is 0.405. The smallest absolute Gasteiger partial charge is 0.261 e. The van der Waals surface area contributed by atoms with Crippen molar-refractivity contribution in [1.29, 1.82) is 0 Å². The highest BCUT2D eigenvalue weighted by Crippen LogP contribution is 1.85. The van der Waals surface area contributed by atoms with Gasteiger partial charge in [-0.3, -0.25) is 0 Å². The normalized spacial score (nSPS) is 18.0. The third-order valence-electron chi connectivity index (χ3n) is 0.636. The van der Waals surface area contributed by atoms with Gasteiger partial charge in [0, 0.05) is 6.54 Å².